The predicted molar refractivity (Wildman–Crippen MR) is 88.7 cm³/mol. The summed E-state index contributed by atoms with van der Waals surface area (Å²) in [5.41, 5.74) is 0.755. The molecule has 0 atom stereocenters. The molecular weight excluding hydrogens is 308 g/mol. The quantitative estimate of drug-likeness (QED) is 0.914. The van der Waals surface area contributed by atoms with E-state index < -0.39 is 0 Å². The van der Waals surface area contributed by atoms with E-state index in [9.17, 15) is 9.59 Å². The third-order valence-corrected chi connectivity index (χ3v) is 5.50. The average Bonchev–Trinajstić information content (AvgIpc) is 2.90. The number of aryl methyl sites for hydroxylation is 2. The summed E-state index contributed by atoms with van der Waals surface area (Å²) in [6, 6.07) is 1.81. The standard InChI is InChI=1S/C18H26N2O4/c1-13-11-15(14(2)24-13)17(23)19-7-5-18(6-8-19)4-3-16(22)20(12-18)9-10-21/h11,21H,3-10,12H2,1-2H3. The molecular formula is C18H26N2O4. The van der Waals surface area contributed by atoms with E-state index in [4.69, 9.17) is 9.52 Å². The summed E-state index contributed by atoms with van der Waals surface area (Å²) < 4.78 is 5.47. The number of aliphatic hydroxyl groups is 1. The molecule has 2 saturated heterocycles. The van der Waals surface area contributed by atoms with Crippen molar-refractivity contribution in [3.63, 3.8) is 0 Å². The summed E-state index contributed by atoms with van der Waals surface area (Å²) in [6.07, 6.45) is 3.25. The first kappa shape index (κ1) is 17.0. The van der Waals surface area contributed by atoms with Crippen LogP contribution in [0.25, 0.3) is 0 Å². The Hall–Kier alpha value is -1.82. The molecule has 6 nitrogen and oxygen atoms in total. The van der Waals surface area contributed by atoms with Crippen LogP contribution in [0.4, 0.5) is 0 Å². The van der Waals surface area contributed by atoms with Crippen LogP contribution in [-0.2, 0) is 4.79 Å². The number of piperidine rings is 2. The summed E-state index contributed by atoms with van der Waals surface area (Å²) in [5.74, 6) is 1.61. The lowest BCUT2D eigenvalue weighted by Gasteiger charge is -2.47. The van der Waals surface area contributed by atoms with Crippen molar-refractivity contribution in [3.8, 4) is 0 Å². The zero-order valence-electron chi connectivity index (χ0n) is 14.5. The number of likely N-dealkylation sites (tertiary alicyclic amines) is 2. The van der Waals surface area contributed by atoms with E-state index in [1.165, 1.54) is 0 Å². The number of rotatable bonds is 3. The minimum Gasteiger partial charge on any atom is -0.466 e. The molecule has 24 heavy (non-hydrogen) atoms. The minimum absolute atomic E-state index is 0.00550. The van der Waals surface area contributed by atoms with Crippen LogP contribution in [0.5, 0.6) is 0 Å². The summed E-state index contributed by atoms with van der Waals surface area (Å²) in [7, 11) is 0. The molecule has 1 aromatic rings. The van der Waals surface area contributed by atoms with Gasteiger partial charge in [0.1, 0.15) is 11.5 Å². The van der Waals surface area contributed by atoms with E-state index in [1.807, 2.05) is 24.8 Å². The first-order chi connectivity index (χ1) is 11.4. The van der Waals surface area contributed by atoms with Gasteiger partial charge in [0.2, 0.25) is 5.91 Å². The monoisotopic (exact) mass is 334 g/mol. The number of hydrogen-bond donors (Lipinski definition) is 1. The maximum Gasteiger partial charge on any atom is 0.257 e. The molecule has 2 aliphatic rings. The number of hydrogen-bond acceptors (Lipinski definition) is 4. The molecule has 2 amide bonds. The Morgan fingerprint density at radius 2 is 2.00 bits per heavy atom. The second kappa shape index (κ2) is 6.59. The van der Waals surface area contributed by atoms with Gasteiger partial charge in [-0.25, -0.2) is 0 Å². The number of β-amino-alcohol motifs (C(OH)–C–C–N with tert-alkyl or cyclic N) is 1. The molecule has 0 saturated carbocycles. The second-order valence-electron chi connectivity index (χ2n) is 7.16. The van der Waals surface area contributed by atoms with Crippen molar-refractivity contribution >= 4 is 11.8 Å². The lowest BCUT2D eigenvalue weighted by Crippen LogP contribution is -2.52. The molecule has 2 aliphatic heterocycles. The van der Waals surface area contributed by atoms with Gasteiger partial charge in [0.05, 0.1) is 12.2 Å². The van der Waals surface area contributed by atoms with Gasteiger partial charge in [0, 0.05) is 32.6 Å². The lowest BCUT2D eigenvalue weighted by molar-refractivity contribution is -0.139. The zero-order chi connectivity index (χ0) is 17.3. The van der Waals surface area contributed by atoms with Gasteiger partial charge >= 0.3 is 0 Å². The Kier molecular flexibility index (Phi) is 4.67. The number of carbonyl (C=O) groups excluding carboxylic acids is 2. The molecule has 1 spiro atoms. The van der Waals surface area contributed by atoms with E-state index in [-0.39, 0.29) is 23.8 Å². The second-order valence-corrected chi connectivity index (χ2v) is 7.16. The molecule has 1 N–H and O–H groups in total. The molecule has 0 bridgehead atoms. The van der Waals surface area contributed by atoms with Crippen LogP contribution in [0.15, 0.2) is 10.5 Å². The highest BCUT2D eigenvalue weighted by Gasteiger charge is 2.41. The third-order valence-electron chi connectivity index (χ3n) is 5.50. The van der Waals surface area contributed by atoms with Gasteiger partial charge in [-0.05, 0) is 44.6 Å². The van der Waals surface area contributed by atoms with Crippen molar-refractivity contribution in [2.24, 2.45) is 5.41 Å². The van der Waals surface area contributed by atoms with Gasteiger partial charge in [-0.2, -0.15) is 0 Å². The van der Waals surface area contributed by atoms with Crippen LogP contribution in [0.2, 0.25) is 0 Å². The number of carbonyl (C=O) groups is 2. The zero-order valence-corrected chi connectivity index (χ0v) is 14.5. The van der Waals surface area contributed by atoms with Gasteiger partial charge in [-0.3, -0.25) is 9.59 Å². The fourth-order valence-electron chi connectivity index (χ4n) is 4.03. The van der Waals surface area contributed by atoms with E-state index >= 15 is 0 Å². The van der Waals surface area contributed by atoms with Crippen LogP contribution in [0, 0.1) is 19.3 Å². The Balaban J connectivity index is 1.64. The van der Waals surface area contributed by atoms with Crippen LogP contribution in [0.1, 0.15) is 47.6 Å². The van der Waals surface area contributed by atoms with Gasteiger partial charge in [0.15, 0.2) is 0 Å². The fraction of sp³-hybridized carbons (Fsp3) is 0.667. The highest BCUT2D eigenvalue weighted by Crippen LogP contribution is 2.40. The predicted octanol–water partition coefficient (Wildman–Crippen LogP) is 1.73. The molecule has 0 aliphatic carbocycles. The third kappa shape index (κ3) is 3.20. The average molecular weight is 334 g/mol. The molecule has 0 radical (unpaired) electrons. The Morgan fingerprint density at radius 3 is 2.58 bits per heavy atom. The summed E-state index contributed by atoms with van der Waals surface area (Å²) in [5, 5.41) is 9.14. The van der Waals surface area contributed by atoms with E-state index in [1.54, 1.807) is 4.90 Å². The van der Waals surface area contributed by atoms with Crippen LogP contribution in [0.3, 0.4) is 0 Å². The highest BCUT2D eigenvalue weighted by atomic mass is 16.3. The van der Waals surface area contributed by atoms with Crippen LogP contribution in [-0.4, -0.2) is 59.5 Å². The number of furan rings is 1. The number of nitrogens with zero attached hydrogens (tertiary/aromatic N) is 2. The minimum atomic E-state index is 0.00550. The van der Waals surface area contributed by atoms with Crippen molar-refractivity contribution < 1.29 is 19.1 Å². The fourth-order valence-corrected chi connectivity index (χ4v) is 4.03. The van der Waals surface area contributed by atoms with Gasteiger partial charge in [-0.1, -0.05) is 0 Å². The lowest BCUT2D eigenvalue weighted by atomic mass is 9.72. The summed E-state index contributed by atoms with van der Waals surface area (Å²) in [4.78, 5) is 28.3. The highest BCUT2D eigenvalue weighted by molar-refractivity contribution is 5.95. The van der Waals surface area contributed by atoms with Gasteiger partial charge in [0.25, 0.3) is 5.91 Å². The van der Waals surface area contributed by atoms with Gasteiger partial charge in [-0.15, -0.1) is 0 Å². The molecule has 0 unspecified atom stereocenters. The van der Waals surface area contributed by atoms with Crippen molar-refractivity contribution in [3.05, 3.63) is 23.2 Å². The largest absolute Gasteiger partial charge is 0.466 e. The van der Waals surface area contributed by atoms with Crippen molar-refractivity contribution in [1.82, 2.24) is 9.80 Å². The smallest absolute Gasteiger partial charge is 0.257 e. The molecule has 132 valence electrons. The topological polar surface area (TPSA) is 74.0 Å². The molecule has 3 rings (SSSR count). The number of aliphatic hydroxyl groups excluding tert-OH is 1. The molecule has 3 heterocycles. The van der Waals surface area contributed by atoms with E-state index in [2.05, 4.69) is 0 Å². The van der Waals surface area contributed by atoms with Crippen LogP contribution < -0.4 is 0 Å². The SMILES string of the molecule is Cc1cc(C(=O)N2CCC3(CCC(=O)N(CCO)C3)CC2)c(C)o1. The molecule has 6 heteroatoms. The Bertz CT molecular complexity index is 629. The van der Waals surface area contributed by atoms with Gasteiger partial charge < -0.3 is 19.3 Å². The normalized spacial score (nSPS) is 20.7. The first-order valence-electron chi connectivity index (χ1n) is 8.69. The Labute approximate surface area is 142 Å². The summed E-state index contributed by atoms with van der Waals surface area (Å²) in [6.45, 7) is 6.22. The molecule has 0 aromatic carbocycles. The van der Waals surface area contributed by atoms with Crippen LogP contribution >= 0.6 is 0 Å². The maximum atomic E-state index is 12.7. The van der Waals surface area contributed by atoms with Crippen molar-refractivity contribution in [2.75, 3.05) is 32.8 Å². The molecule has 2 fully saturated rings. The van der Waals surface area contributed by atoms with Crippen molar-refractivity contribution in [1.29, 1.82) is 0 Å². The van der Waals surface area contributed by atoms with E-state index in [0.717, 1.165) is 25.0 Å². The Morgan fingerprint density at radius 1 is 1.29 bits per heavy atom. The van der Waals surface area contributed by atoms with Crippen molar-refractivity contribution in [2.45, 2.75) is 39.5 Å². The first-order valence-corrected chi connectivity index (χ1v) is 8.69. The maximum absolute atomic E-state index is 12.7. The summed E-state index contributed by atoms with van der Waals surface area (Å²) >= 11 is 0. The van der Waals surface area contributed by atoms with E-state index in [0.29, 0.717) is 43.9 Å². The number of amides is 2. The molecule has 1 aromatic heterocycles.